The summed E-state index contributed by atoms with van der Waals surface area (Å²) in [5, 5.41) is 3.45. The molecule has 0 aliphatic rings. The van der Waals surface area contributed by atoms with Crippen molar-refractivity contribution < 1.29 is 0 Å². The van der Waals surface area contributed by atoms with E-state index in [-0.39, 0.29) is 0 Å². The summed E-state index contributed by atoms with van der Waals surface area (Å²) in [4.78, 5) is 0. The Balaban J connectivity index is 2.57. The minimum absolute atomic E-state index is 0.897. The molecule has 0 amide bonds. The molecule has 23 heavy (non-hydrogen) atoms. The Hall–Kier alpha value is -2.02. The average Bonchev–Trinajstić information content (AvgIpc) is 2.58. The highest BCUT2D eigenvalue weighted by Crippen LogP contribution is 2.17. The summed E-state index contributed by atoms with van der Waals surface area (Å²) in [5.74, 6) is 0. The maximum Gasteiger partial charge on any atom is 0.0340 e. The SMILES string of the molecule is C=C(NCCC(=C/C)/C(C)=C/C(C)=C\C)c1ccc(CC)cc1. The first-order valence-electron chi connectivity index (χ1n) is 8.50. The van der Waals surface area contributed by atoms with Crippen LogP contribution in [-0.2, 0) is 6.42 Å². The second-order valence-corrected chi connectivity index (χ2v) is 5.88. The van der Waals surface area contributed by atoms with Crippen molar-refractivity contribution in [3.63, 3.8) is 0 Å². The molecule has 1 heteroatoms. The molecule has 1 aromatic rings. The first-order chi connectivity index (χ1) is 11.0. The van der Waals surface area contributed by atoms with Crippen molar-refractivity contribution in [2.45, 2.75) is 47.5 Å². The van der Waals surface area contributed by atoms with E-state index in [1.54, 1.807) is 0 Å². The molecule has 0 spiro atoms. The molecule has 1 rings (SSSR count). The topological polar surface area (TPSA) is 12.0 Å². The quantitative estimate of drug-likeness (QED) is 0.576. The third-order valence-corrected chi connectivity index (χ3v) is 4.20. The lowest BCUT2D eigenvalue weighted by atomic mass is 10.0. The van der Waals surface area contributed by atoms with Crippen molar-refractivity contribution in [2.24, 2.45) is 0 Å². The van der Waals surface area contributed by atoms with Crippen LogP contribution in [0.15, 0.2) is 65.8 Å². The fraction of sp³-hybridized carbons (Fsp3) is 0.364. The third-order valence-electron chi connectivity index (χ3n) is 4.20. The number of hydrogen-bond acceptors (Lipinski definition) is 1. The molecule has 0 radical (unpaired) electrons. The maximum absolute atomic E-state index is 4.16. The summed E-state index contributed by atoms with van der Waals surface area (Å²) in [5.41, 5.74) is 7.54. The lowest BCUT2D eigenvalue weighted by molar-refractivity contribution is 0.842. The van der Waals surface area contributed by atoms with Gasteiger partial charge in [-0.25, -0.2) is 0 Å². The molecule has 0 aromatic heterocycles. The van der Waals surface area contributed by atoms with Crippen LogP contribution >= 0.6 is 0 Å². The monoisotopic (exact) mass is 309 g/mol. The van der Waals surface area contributed by atoms with Crippen LogP contribution in [0.1, 0.15) is 52.2 Å². The smallest absolute Gasteiger partial charge is 0.0340 e. The van der Waals surface area contributed by atoms with Gasteiger partial charge in [0.25, 0.3) is 0 Å². The summed E-state index contributed by atoms with van der Waals surface area (Å²) in [6, 6.07) is 8.63. The molecular weight excluding hydrogens is 278 g/mol. The summed E-state index contributed by atoms with van der Waals surface area (Å²) in [6.07, 6.45) is 8.66. The number of aryl methyl sites for hydroxylation is 1. The fourth-order valence-electron chi connectivity index (χ4n) is 2.48. The second-order valence-electron chi connectivity index (χ2n) is 5.88. The van der Waals surface area contributed by atoms with Gasteiger partial charge in [-0.2, -0.15) is 0 Å². The zero-order valence-corrected chi connectivity index (χ0v) is 15.4. The highest BCUT2D eigenvalue weighted by Gasteiger charge is 2.02. The van der Waals surface area contributed by atoms with E-state index in [1.165, 1.54) is 27.8 Å². The summed E-state index contributed by atoms with van der Waals surface area (Å²) >= 11 is 0. The van der Waals surface area contributed by atoms with Gasteiger partial charge in [-0.3, -0.25) is 0 Å². The van der Waals surface area contributed by atoms with E-state index in [1.807, 2.05) is 0 Å². The van der Waals surface area contributed by atoms with Gasteiger partial charge in [0, 0.05) is 12.2 Å². The van der Waals surface area contributed by atoms with E-state index < -0.39 is 0 Å². The Morgan fingerprint density at radius 3 is 2.26 bits per heavy atom. The van der Waals surface area contributed by atoms with Crippen molar-refractivity contribution >= 4 is 5.70 Å². The molecule has 1 aromatic carbocycles. The molecule has 0 heterocycles. The maximum atomic E-state index is 4.16. The average molecular weight is 309 g/mol. The Morgan fingerprint density at radius 1 is 1.09 bits per heavy atom. The number of allylic oxidation sites excluding steroid dienone is 5. The highest BCUT2D eigenvalue weighted by atomic mass is 14.9. The van der Waals surface area contributed by atoms with Crippen LogP contribution in [0.3, 0.4) is 0 Å². The van der Waals surface area contributed by atoms with Crippen molar-refractivity contribution in [2.75, 3.05) is 6.54 Å². The van der Waals surface area contributed by atoms with Gasteiger partial charge < -0.3 is 5.32 Å². The molecule has 124 valence electrons. The van der Waals surface area contributed by atoms with Crippen LogP contribution < -0.4 is 5.32 Å². The minimum atomic E-state index is 0.897. The standard InChI is InChI=1S/C22H31N/c1-7-17(4)16-18(5)21(9-3)14-15-23-19(6)22-12-10-20(8-2)11-13-22/h7,9-13,16,23H,6,8,14-15H2,1-5H3/b17-7-,18-16+,21-9-. The Bertz CT molecular complexity index is 597. The van der Waals surface area contributed by atoms with Gasteiger partial charge in [0.05, 0.1) is 0 Å². The van der Waals surface area contributed by atoms with E-state index in [2.05, 4.69) is 89.0 Å². The summed E-state index contributed by atoms with van der Waals surface area (Å²) in [6.45, 7) is 15.7. The van der Waals surface area contributed by atoms with Gasteiger partial charge in [0.1, 0.15) is 0 Å². The largest absolute Gasteiger partial charge is 0.385 e. The number of benzene rings is 1. The lowest BCUT2D eigenvalue weighted by Crippen LogP contribution is -2.14. The number of rotatable bonds is 8. The fourth-order valence-corrected chi connectivity index (χ4v) is 2.48. The zero-order valence-electron chi connectivity index (χ0n) is 15.4. The second kappa shape index (κ2) is 9.89. The van der Waals surface area contributed by atoms with Gasteiger partial charge in [-0.15, -0.1) is 0 Å². The molecule has 1 nitrogen and oxygen atoms in total. The molecule has 0 saturated heterocycles. The van der Waals surface area contributed by atoms with E-state index in [4.69, 9.17) is 0 Å². The number of hydrogen-bond donors (Lipinski definition) is 1. The Kier molecular flexibility index (Phi) is 8.18. The van der Waals surface area contributed by atoms with Crippen LogP contribution in [0.25, 0.3) is 5.70 Å². The van der Waals surface area contributed by atoms with Crippen molar-refractivity contribution in [1.29, 1.82) is 0 Å². The van der Waals surface area contributed by atoms with Crippen LogP contribution in [0.4, 0.5) is 0 Å². The van der Waals surface area contributed by atoms with Crippen molar-refractivity contribution in [3.8, 4) is 0 Å². The molecular formula is C22H31N. The third kappa shape index (κ3) is 6.32. The predicted molar refractivity (Wildman–Crippen MR) is 104 cm³/mol. The predicted octanol–water partition coefficient (Wildman–Crippen LogP) is 6.06. The van der Waals surface area contributed by atoms with Gasteiger partial charge in [0.2, 0.25) is 0 Å². The molecule has 0 saturated carbocycles. The molecule has 0 aliphatic heterocycles. The van der Waals surface area contributed by atoms with Gasteiger partial charge in [-0.05, 0) is 62.8 Å². The van der Waals surface area contributed by atoms with Crippen LogP contribution in [0, 0.1) is 0 Å². The van der Waals surface area contributed by atoms with Crippen LogP contribution in [0.2, 0.25) is 0 Å². The summed E-state index contributed by atoms with van der Waals surface area (Å²) < 4.78 is 0. The Morgan fingerprint density at radius 2 is 1.74 bits per heavy atom. The zero-order chi connectivity index (χ0) is 17.2. The first-order valence-corrected chi connectivity index (χ1v) is 8.50. The molecule has 0 atom stereocenters. The number of nitrogens with one attached hydrogen (secondary N) is 1. The van der Waals surface area contributed by atoms with Crippen molar-refractivity contribution in [1.82, 2.24) is 5.32 Å². The normalized spacial score (nSPS) is 13.2. The molecule has 1 N–H and O–H groups in total. The molecule has 0 aliphatic carbocycles. The van der Waals surface area contributed by atoms with Gasteiger partial charge in [-0.1, -0.05) is 61.6 Å². The lowest BCUT2D eigenvalue weighted by Gasteiger charge is -2.13. The van der Waals surface area contributed by atoms with Gasteiger partial charge in [0.15, 0.2) is 0 Å². The highest BCUT2D eigenvalue weighted by molar-refractivity contribution is 5.61. The van der Waals surface area contributed by atoms with Crippen LogP contribution in [0.5, 0.6) is 0 Å². The molecule has 0 unspecified atom stereocenters. The minimum Gasteiger partial charge on any atom is -0.385 e. The van der Waals surface area contributed by atoms with Crippen LogP contribution in [-0.4, -0.2) is 6.54 Å². The van der Waals surface area contributed by atoms with E-state index >= 15 is 0 Å². The Labute approximate surface area is 142 Å². The summed E-state index contributed by atoms with van der Waals surface area (Å²) in [7, 11) is 0. The van der Waals surface area contributed by atoms with E-state index in [0.29, 0.717) is 0 Å². The van der Waals surface area contributed by atoms with E-state index in [9.17, 15) is 0 Å². The van der Waals surface area contributed by atoms with Crippen molar-refractivity contribution in [3.05, 3.63) is 76.9 Å². The van der Waals surface area contributed by atoms with E-state index in [0.717, 1.165) is 25.1 Å². The first kappa shape index (κ1) is 19.0. The van der Waals surface area contributed by atoms with Gasteiger partial charge >= 0.3 is 0 Å². The molecule has 0 fully saturated rings. The molecule has 0 bridgehead atoms.